The summed E-state index contributed by atoms with van der Waals surface area (Å²) in [5.74, 6) is 0.125. The summed E-state index contributed by atoms with van der Waals surface area (Å²) in [5.41, 5.74) is 0. The van der Waals surface area contributed by atoms with E-state index in [9.17, 15) is 8.42 Å². The molecule has 0 saturated carbocycles. The van der Waals surface area contributed by atoms with Crippen molar-refractivity contribution < 1.29 is 12.6 Å². The summed E-state index contributed by atoms with van der Waals surface area (Å²) in [6.07, 6.45) is 7.81. The molecule has 0 N–H and O–H groups in total. The highest BCUT2D eigenvalue weighted by Crippen LogP contribution is 2.16. The molecule has 0 aromatic heterocycles. The summed E-state index contributed by atoms with van der Waals surface area (Å²) < 4.78 is 29.3. The second-order valence-electron chi connectivity index (χ2n) is 5.77. The van der Waals surface area contributed by atoms with E-state index in [-0.39, 0.29) is 11.9 Å². The molecule has 0 radical (unpaired) electrons. The monoisotopic (exact) mass is 307 g/mol. The van der Waals surface area contributed by atoms with Gasteiger partial charge in [0.05, 0.1) is 11.9 Å². The van der Waals surface area contributed by atoms with Gasteiger partial charge in [0, 0.05) is 0 Å². The van der Waals surface area contributed by atoms with Crippen molar-refractivity contribution in [3.8, 4) is 0 Å². The molecule has 0 aromatic carbocycles. The van der Waals surface area contributed by atoms with Gasteiger partial charge in [-0.15, -0.1) is 0 Å². The minimum Gasteiger partial charge on any atom is -0.309 e. The Morgan fingerprint density at radius 1 is 0.950 bits per heavy atom. The van der Waals surface area contributed by atoms with Crippen LogP contribution in [0.3, 0.4) is 0 Å². The van der Waals surface area contributed by atoms with Gasteiger partial charge in [0.15, 0.2) is 0 Å². The Bertz CT molecular complexity index is 315. The van der Waals surface area contributed by atoms with E-state index in [4.69, 9.17) is 4.18 Å². The molecular weight excluding hydrogens is 274 g/mol. The number of hydrogen-bond donors (Lipinski definition) is 0. The van der Waals surface area contributed by atoms with Crippen molar-refractivity contribution in [1.29, 1.82) is 0 Å². The molecule has 1 atom stereocenters. The van der Waals surface area contributed by atoms with Gasteiger partial charge in [-0.05, 0) is 39.9 Å². The van der Waals surface area contributed by atoms with Gasteiger partial charge in [-0.2, -0.15) is 8.42 Å². The van der Waals surface area contributed by atoms with Gasteiger partial charge >= 0.3 is 0 Å². The summed E-state index contributed by atoms with van der Waals surface area (Å²) in [6.45, 7) is 5.02. The predicted molar refractivity (Wildman–Crippen MR) is 85.5 cm³/mol. The summed E-state index contributed by atoms with van der Waals surface area (Å²) in [4.78, 5) is 1.99. The van der Waals surface area contributed by atoms with Crippen LogP contribution >= 0.6 is 0 Å². The molecule has 0 amide bonds. The molecule has 0 fully saturated rings. The summed E-state index contributed by atoms with van der Waals surface area (Å²) in [5, 5.41) is 0. The van der Waals surface area contributed by atoms with Crippen LogP contribution < -0.4 is 0 Å². The van der Waals surface area contributed by atoms with Crippen LogP contribution in [-0.2, 0) is 14.3 Å². The number of hydrogen-bond acceptors (Lipinski definition) is 4. The Kier molecular flexibility index (Phi) is 11.4. The van der Waals surface area contributed by atoms with E-state index < -0.39 is 10.1 Å². The molecule has 1 unspecified atom stereocenters. The van der Waals surface area contributed by atoms with Crippen molar-refractivity contribution in [3.63, 3.8) is 0 Å². The fourth-order valence-corrected chi connectivity index (χ4v) is 3.36. The van der Waals surface area contributed by atoms with Crippen molar-refractivity contribution in [1.82, 2.24) is 4.90 Å². The molecule has 0 aliphatic rings. The Balaban J connectivity index is 4.12. The molecule has 0 bridgehead atoms. The maximum Gasteiger partial charge on any atom is 0.267 e. The molecule has 4 nitrogen and oxygen atoms in total. The highest BCUT2D eigenvalue weighted by atomic mass is 32.2. The highest BCUT2D eigenvalue weighted by molar-refractivity contribution is 7.86. The largest absolute Gasteiger partial charge is 0.309 e. The molecular formula is C15H33NO3S. The third-order valence-corrected chi connectivity index (χ3v) is 4.63. The van der Waals surface area contributed by atoms with Gasteiger partial charge in [0.2, 0.25) is 0 Å². The van der Waals surface area contributed by atoms with Gasteiger partial charge in [0.25, 0.3) is 10.1 Å². The summed E-state index contributed by atoms with van der Waals surface area (Å²) in [6, 6.07) is 0. The highest BCUT2D eigenvalue weighted by Gasteiger charge is 2.18. The summed E-state index contributed by atoms with van der Waals surface area (Å²) >= 11 is 0. The smallest absolute Gasteiger partial charge is 0.267 e. The molecule has 0 heterocycles. The van der Waals surface area contributed by atoms with Crippen LogP contribution in [0, 0.1) is 0 Å². The molecule has 5 heteroatoms. The van der Waals surface area contributed by atoms with Crippen LogP contribution in [-0.4, -0.2) is 45.8 Å². The van der Waals surface area contributed by atoms with Gasteiger partial charge < -0.3 is 4.90 Å². The van der Waals surface area contributed by atoms with Crippen LogP contribution in [0.2, 0.25) is 0 Å². The summed E-state index contributed by atoms with van der Waals surface area (Å²) in [7, 11) is 0.523. The lowest BCUT2D eigenvalue weighted by Gasteiger charge is -2.17. The lowest BCUT2D eigenvalue weighted by molar-refractivity contribution is 0.183. The van der Waals surface area contributed by atoms with Crippen molar-refractivity contribution in [2.75, 3.05) is 26.4 Å². The van der Waals surface area contributed by atoms with Gasteiger partial charge in [-0.25, -0.2) is 0 Å². The Morgan fingerprint density at radius 2 is 1.65 bits per heavy atom. The Labute approximate surface area is 126 Å². The lowest BCUT2D eigenvalue weighted by atomic mass is 10.1. The number of unbranched alkanes of at least 4 members (excludes halogenated alkanes) is 3. The van der Waals surface area contributed by atoms with E-state index in [0.717, 1.165) is 32.2 Å². The van der Waals surface area contributed by atoms with Crippen molar-refractivity contribution in [2.24, 2.45) is 0 Å². The normalized spacial score (nSPS) is 13.8. The van der Waals surface area contributed by atoms with Gasteiger partial charge in [-0.1, -0.05) is 46.0 Å². The van der Waals surface area contributed by atoms with E-state index in [1.54, 1.807) is 0 Å². The SMILES string of the molecule is CCCCCCC(CCC)OS(=O)(=O)CCCN(C)C. The van der Waals surface area contributed by atoms with Crippen LogP contribution in [0.5, 0.6) is 0 Å². The number of rotatable bonds is 13. The second kappa shape index (κ2) is 11.5. The topological polar surface area (TPSA) is 46.6 Å². The average molecular weight is 308 g/mol. The van der Waals surface area contributed by atoms with E-state index in [2.05, 4.69) is 13.8 Å². The molecule has 0 aromatic rings. The molecule has 0 aliphatic heterocycles. The zero-order valence-electron chi connectivity index (χ0n) is 13.7. The van der Waals surface area contributed by atoms with Gasteiger partial charge in [0.1, 0.15) is 0 Å². The van der Waals surface area contributed by atoms with Crippen molar-refractivity contribution in [2.45, 2.75) is 71.3 Å². The van der Waals surface area contributed by atoms with Crippen LogP contribution in [0.1, 0.15) is 65.2 Å². The molecule has 0 rings (SSSR count). The second-order valence-corrected chi connectivity index (χ2v) is 7.49. The number of nitrogens with zero attached hydrogens (tertiary/aromatic N) is 1. The first-order valence-electron chi connectivity index (χ1n) is 7.97. The quantitative estimate of drug-likeness (QED) is 0.386. The zero-order chi connectivity index (χ0) is 15.4. The van der Waals surface area contributed by atoms with Crippen LogP contribution in [0.25, 0.3) is 0 Å². The zero-order valence-corrected chi connectivity index (χ0v) is 14.5. The average Bonchev–Trinajstić information content (AvgIpc) is 2.33. The molecule has 0 spiro atoms. The maximum absolute atomic E-state index is 11.9. The van der Waals surface area contributed by atoms with Crippen LogP contribution in [0.4, 0.5) is 0 Å². The first-order valence-corrected chi connectivity index (χ1v) is 9.54. The first kappa shape index (κ1) is 19.9. The lowest BCUT2D eigenvalue weighted by Crippen LogP contribution is -2.23. The fourth-order valence-electron chi connectivity index (χ4n) is 2.17. The molecule has 0 aliphatic carbocycles. The Hall–Kier alpha value is -0.130. The van der Waals surface area contributed by atoms with Crippen molar-refractivity contribution >= 4 is 10.1 Å². The van der Waals surface area contributed by atoms with E-state index in [0.29, 0.717) is 6.42 Å². The van der Waals surface area contributed by atoms with E-state index in [1.807, 2.05) is 19.0 Å². The van der Waals surface area contributed by atoms with Crippen LogP contribution in [0.15, 0.2) is 0 Å². The third kappa shape index (κ3) is 11.7. The molecule has 0 saturated heterocycles. The predicted octanol–water partition coefficient (Wildman–Crippen LogP) is 3.42. The van der Waals surface area contributed by atoms with E-state index >= 15 is 0 Å². The molecule has 20 heavy (non-hydrogen) atoms. The maximum atomic E-state index is 11.9. The fraction of sp³-hybridized carbons (Fsp3) is 1.00. The van der Waals surface area contributed by atoms with Crippen molar-refractivity contribution in [3.05, 3.63) is 0 Å². The van der Waals surface area contributed by atoms with Gasteiger partial charge in [-0.3, -0.25) is 4.18 Å². The Morgan fingerprint density at radius 3 is 2.20 bits per heavy atom. The first-order chi connectivity index (χ1) is 9.41. The minimum atomic E-state index is -3.37. The third-order valence-electron chi connectivity index (χ3n) is 3.27. The molecule has 122 valence electrons. The minimum absolute atomic E-state index is 0.124. The van der Waals surface area contributed by atoms with E-state index in [1.165, 1.54) is 19.3 Å². The standard InChI is InChI=1S/C15H33NO3S/c1-5-7-8-9-12-15(11-6-2)19-20(17,18)14-10-13-16(3)4/h15H,5-14H2,1-4H3.